The molecule has 162 valence electrons. The molecule has 6 nitrogen and oxygen atoms in total. The molecule has 2 rings (SSSR count). The number of hydrogen-bond donors (Lipinski definition) is 1. The number of nitrogens with one attached hydrogen (secondary N) is 1. The summed E-state index contributed by atoms with van der Waals surface area (Å²) in [5, 5.41) is 2.98. The zero-order chi connectivity index (χ0) is 22.1. The summed E-state index contributed by atoms with van der Waals surface area (Å²) in [7, 11) is 3.22. The van der Waals surface area contributed by atoms with Gasteiger partial charge in [0.2, 0.25) is 11.8 Å². The van der Waals surface area contributed by atoms with E-state index < -0.39 is 6.04 Å². The van der Waals surface area contributed by atoms with E-state index in [1.165, 1.54) is 0 Å². The number of benzene rings is 2. The van der Waals surface area contributed by atoms with Crippen LogP contribution < -0.4 is 14.8 Å². The molecular weight excluding hydrogens is 380 g/mol. The number of carbonyl (C=O) groups excluding carboxylic acids is 2. The summed E-state index contributed by atoms with van der Waals surface area (Å²) in [6, 6.07) is 14.4. The number of nitrogens with zero attached hydrogens (tertiary/aromatic N) is 1. The molecule has 0 heterocycles. The second kappa shape index (κ2) is 11.2. The summed E-state index contributed by atoms with van der Waals surface area (Å²) in [6.07, 6.45) is 1.04. The minimum Gasteiger partial charge on any atom is -0.497 e. The molecule has 2 aromatic rings. The fourth-order valence-electron chi connectivity index (χ4n) is 3.00. The summed E-state index contributed by atoms with van der Waals surface area (Å²) in [6.45, 7) is 6.08. The van der Waals surface area contributed by atoms with Crippen LogP contribution in [0.3, 0.4) is 0 Å². The van der Waals surface area contributed by atoms with E-state index in [4.69, 9.17) is 9.47 Å². The number of carbonyl (C=O) groups is 2. The highest BCUT2D eigenvalue weighted by Gasteiger charge is 2.26. The van der Waals surface area contributed by atoms with Crippen molar-refractivity contribution in [3.8, 4) is 11.5 Å². The highest BCUT2D eigenvalue weighted by molar-refractivity contribution is 5.88. The average Bonchev–Trinajstić information content (AvgIpc) is 2.77. The second-order valence-electron chi connectivity index (χ2n) is 7.39. The van der Waals surface area contributed by atoms with E-state index in [0.717, 1.165) is 29.0 Å². The first-order valence-electron chi connectivity index (χ1n) is 10.2. The Morgan fingerprint density at radius 3 is 1.87 bits per heavy atom. The van der Waals surface area contributed by atoms with Crippen molar-refractivity contribution in [3.63, 3.8) is 0 Å². The number of ether oxygens (including phenoxy) is 2. The van der Waals surface area contributed by atoms with Crippen molar-refractivity contribution >= 4 is 11.8 Å². The summed E-state index contributed by atoms with van der Waals surface area (Å²) < 4.78 is 10.4. The molecule has 0 saturated carbocycles. The van der Waals surface area contributed by atoms with Gasteiger partial charge in [0.05, 0.1) is 20.6 Å². The third-order valence-electron chi connectivity index (χ3n) is 5.19. The Labute approximate surface area is 179 Å². The Morgan fingerprint density at radius 2 is 1.40 bits per heavy atom. The Balaban J connectivity index is 2.20. The minimum absolute atomic E-state index is 0.0551. The molecule has 0 fully saturated rings. The maximum atomic E-state index is 13.2. The Morgan fingerprint density at radius 1 is 0.900 bits per heavy atom. The van der Waals surface area contributed by atoms with Gasteiger partial charge in [0, 0.05) is 12.6 Å². The number of amides is 2. The first-order valence-corrected chi connectivity index (χ1v) is 10.2. The van der Waals surface area contributed by atoms with Gasteiger partial charge in [-0.15, -0.1) is 0 Å². The van der Waals surface area contributed by atoms with E-state index in [2.05, 4.69) is 5.32 Å². The summed E-state index contributed by atoms with van der Waals surface area (Å²) in [4.78, 5) is 27.6. The highest BCUT2D eigenvalue weighted by atomic mass is 16.5. The van der Waals surface area contributed by atoms with Crippen molar-refractivity contribution in [3.05, 3.63) is 59.7 Å². The normalized spacial score (nSPS) is 12.6. The van der Waals surface area contributed by atoms with Gasteiger partial charge in [-0.25, -0.2) is 0 Å². The highest BCUT2D eigenvalue weighted by Crippen LogP contribution is 2.17. The van der Waals surface area contributed by atoms with Crippen molar-refractivity contribution in [2.45, 2.75) is 52.2 Å². The minimum atomic E-state index is -0.591. The standard InChI is InChI=1S/C24H32N2O4/c1-6-17(2)25-24(28)18(3)26(16-20-9-13-22(30-5)14-10-20)23(27)15-19-7-11-21(29-4)12-8-19/h7-14,17-18H,6,15-16H2,1-5H3,(H,25,28). The first kappa shape index (κ1) is 23.3. The monoisotopic (exact) mass is 412 g/mol. The molecule has 0 aromatic heterocycles. The van der Waals surface area contributed by atoms with Crippen molar-refractivity contribution in [2.75, 3.05) is 14.2 Å². The van der Waals surface area contributed by atoms with Crippen LogP contribution in [0.2, 0.25) is 0 Å². The molecule has 30 heavy (non-hydrogen) atoms. The zero-order valence-electron chi connectivity index (χ0n) is 18.5. The van der Waals surface area contributed by atoms with Gasteiger partial charge in [-0.3, -0.25) is 9.59 Å². The zero-order valence-corrected chi connectivity index (χ0v) is 18.5. The van der Waals surface area contributed by atoms with Crippen molar-refractivity contribution in [1.29, 1.82) is 0 Å². The Hall–Kier alpha value is -3.02. The fraction of sp³-hybridized carbons (Fsp3) is 0.417. The molecule has 0 saturated heterocycles. The average molecular weight is 413 g/mol. The van der Waals surface area contributed by atoms with Gasteiger partial charge in [-0.05, 0) is 55.7 Å². The lowest BCUT2D eigenvalue weighted by Gasteiger charge is -2.30. The first-order chi connectivity index (χ1) is 14.4. The van der Waals surface area contributed by atoms with Gasteiger partial charge in [0.25, 0.3) is 0 Å². The van der Waals surface area contributed by atoms with Crippen LogP contribution in [0.25, 0.3) is 0 Å². The second-order valence-corrected chi connectivity index (χ2v) is 7.39. The lowest BCUT2D eigenvalue weighted by molar-refractivity contribution is -0.140. The van der Waals surface area contributed by atoms with Crippen LogP contribution in [0, 0.1) is 0 Å². The lowest BCUT2D eigenvalue weighted by Crippen LogP contribution is -2.49. The third kappa shape index (κ3) is 6.51. The number of methoxy groups -OCH3 is 2. The van der Waals surface area contributed by atoms with Crippen LogP contribution >= 0.6 is 0 Å². The van der Waals surface area contributed by atoms with E-state index in [1.54, 1.807) is 26.0 Å². The molecule has 0 radical (unpaired) electrons. The Kier molecular flexibility index (Phi) is 8.71. The molecule has 1 N–H and O–H groups in total. The Bertz CT molecular complexity index is 818. The molecule has 0 aliphatic rings. The van der Waals surface area contributed by atoms with Gasteiger partial charge in [0.1, 0.15) is 17.5 Å². The van der Waals surface area contributed by atoms with Crippen molar-refractivity contribution in [1.82, 2.24) is 10.2 Å². The van der Waals surface area contributed by atoms with Gasteiger partial charge < -0.3 is 19.7 Å². The van der Waals surface area contributed by atoms with Crippen LogP contribution in [-0.2, 0) is 22.6 Å². The third-order valence-corrected chi connectivity index (χ3v) is 5.19. The molecule has 2 atom stereocenters. The topological polar surface area (TPSA) is 67.9 Å². The SMILES string of the molecule is CCC(C)NC(=O)C(C)N(Cc1ccc(OC)cc1)C(=O)Cc1ccc(OC)cc1. The van der Waals surface area contributed by atoms with Gasteiger partial charge in [-0.1, -0.05) is 31.2 Å². The van der Waals surface area contributed by atoms with Crippen molar-refractivity contribution in [2.24, 2.45) is 0 Å². The number of hydrogen-bond acceptors (Lipinski definition) is 4. The predicted molar refractivity (Wildman–Crippen MR) is 118 cm³/mol. The van der Waals surface area contributed by atoms with Gasteiger partial charge in [-0.2, -0.15) is 0 Å². The predicted octanol–water partition coefficient (Wildman–Crippen LogP) is 3.58. The van der Waals surface area contributed by atoms with E-state index in [0.29, 0.717) is 6.54 Å². The summed E-state index contributed by atoms with van der Waals surface area (Å²) in [5.41, 5.74) is 1.80. The molecule has 2 amide bonds. The van der Waals surface area contributed by atoms with Crippen LogP contribution in [0.15, 0.2) is 48.5 Å². The molecule has 0 bridgehead atoms. The lowest BCUT2D eigenvalue weighted by atomic mass is 10.1. The quantitative estimate of drug-likeness (QED) is 0.648. The largest absolute Gasteiger partial charge is 0.497 e. The summed E-state index contributed by atoms with van der Waals surface area (Å²) in [5.74, 6) is 1.23. The summed E-state index contributed by atoms with van der Waals surface area (Å²) >= 11 is 0. The molecule has 0 aliphatic carbocycles. The smallest absolute Gasteiger partial charge is 0.242 e. The maximum Gasteiger partial charge on any atom is 0.242 e. The van der Waals surface area contributed by atoms with Crippen LogP contribution in [0.1, 0.15) is 38.3 Å². The van der Waals surface area contributed by atoms with Crippen LogP contribution in [0.4, 0.5) is 0 Å². The van der Waals surface area contributed by atoms with Gasteiger partial charge >= 0.3 is 0 Å². The van der Waals surface area contributed by atoms with E-state index in [1.807, 2.05) is 62.4 Å². The van der Waals surface area contributed by atoms with Crippen molar-refractivity contribution < 1.29 is 19.1 Å². The molecule has 6 heteroatoms. The van der Waals surface area contributed by atoms with E-state index >= 15 is 0 Å². The van der Waals surface area contributed by atoms with Gasteiger partial charge in [0.15, 0.2) is 0 Å². The maximum absolute atomic E-state index is 13.2. The van der Waals surface area contributed by atoms with Crippen LogP contribution in [0.5, 0.6) is 11.5 Å². The van der Waals surface area contributed by atoms with E-state index in [9.17, 15) is 9.59 Å². The molecule has 0 aliphatic heterocycles. The number of rotatable bonds is 10. The molecule has 2 unspecified atom stereocenters. The molecule has 2 aromatic carbocycles. The molecular formula is C24H32N2O4. The van der Waals surface area contributed by atoms with E-state index in [-0.39, 0.29) is 24.3 Å². The molecule has 0 spiro atoms. The fourth-order valence-corrected chi connectivity index (χ4v) is 3.00. The van der Waals surface area contributed by atoms with Crippen LogP contribution in [-0.4, -0.2) is 43.0 Å².